The van der Waals surface area contributed by atoms with E-state index in [1.165, 1.54) is 138 Å². The van der Waals surface area contributed by atoms with Gasteiger partial charge in [-0.3, -0.25) is 0 Å². The summed E-state index contributed by atoms with van der Waals surface area (Å²) in [6.45, 7) is 18.5. The maximum atomic E-state index is 2.55. The smallest absolute Gasteiger partial charge is 0.0680 e. The third kappa shape index (κ3) is 8.38. The van der Waals surface area contributed by atoms with Crippen LogP contribution in [0.4, 0.5) is 0 Å². The average Bonchev–Trinajstić information content (AvgIpc) is 3.33. The first-order chi connectivity index (χ1) is 33.4. The van der Waals surface area contributed by atoms with Crippen molar-refractivity contribution in [3.05, 3.63) is 225 Å². The van der Waals surface area contributed by atoms with E-state index in [4.69, 9.17) is 0 Å². The van der Waals surface area contributed by atoms with Gasteiger partial charge >= 0.3 is 0 Å². The summed E-state index contributed by atoms with van der Waals surface area (Å²) in [6.07, 6.45) is 9.04. The highest BCUT2D eigenvalue weighted by Gasteiger charge is 2.58. The molecule has 12 rings (SSSR count). The summed E-state index contributed by atoms with van der Waals surface area (Å²) in [5.74, 6) is 1.61. The molecule has 0 amide bonds. The predicted octanol–water partition coefficient (Wildman–Crippen LogP) is 13.8. The predicted molar refractivity (Wildman–Crippen MR) is 301 cm³/mol. The zero-order chi connectivity index (χ0) is 47.6. The highest BCUT2D eigenvalue weighted by atomic mass is 31.1. The minimum atomic E-state index is -0.609. The van der Waals surface area contributed by atoms with E-state index in [9.17, 15) is 0 Å². The topological polar surface area (TPSA) is 0 Å². The van der Waals surface area contributed by atoms with Crippen molar-refractivity contribution >= 4 is 46.9 Å². The van der Waals surface area contributed by atoms with Crippen molar-refractivity contribution in [2.45, 2.75) is 111 Å². The van der Waals surface area contributed by atoms with E-state index in [0.29, 0.717) is 0 Å². The molecule has 8 aromatic rings. The minimum absolute atomic E-state index is 0.141. The number of benzene rings is 8. The molecular formula is C67H68BP. The quantitative estimate of drug-likeness (QED) is 0.0896. The second kappa shape index (κ2) is 18.2. The fourth-order valence-electron chi connectivity index (χ4n) is 14.7. The van der Waals surface area contributed by atoms with Crippen molar-refractivity contribution in [2.24, 2.45) is 11.8 Å². The standard InChI is InChI=1S/C67H68BP/c1-9-53-21-22-55(37-63(53)62-38-58(29-20-46(62)4)68(64-47(5)32-44(2)33-48(64)6)65-49(7)34-45(3)35-50(65)8)54-23-25-56(26-24-54)66-39-51-36-52(40-66)42-67(41-51,43-66)57-27-30-61(31-28-57)69(59-16-12-10-13-17-59)60-18-14-11-15-19-60/h10-35,37-38,51-52H,9,36,39-43H2,1-8H3. The Morgan fingerprint density at radius 3 is 1.41 bits per heavy atom. The number of aryl methyl sites for hydroxylation is 8. The molecule has 0 radical (unpaired) electrons. The van der Waals surface area contributed by atoms with Gasteiger partial charge in [-0.05, 0) is 190 Å². The molecule has 4 aliphatic carbocycles. The lowest BCUT2D eigenvalue weighted by Gasteiger charge is -2.63. The van der Waals surface area contributed by atoms with Gasteiger partial charge in [0.1, 0.15) is 0 Å². The first-order valence-electron chi connectivity index (χ1n) is 25.9. The molecule has 0 heterocycles. The zero-order valence-corrected chi connectivity index (χ0v) is 43.2. The first-order valence-corrected chi connectivity index (χ1v) is 27.3. The van der Waals surface area contributed by atoms with Gasteiger partial charge in [-0.2, -0.15) is 0 Å². The SMILES string of the molecule is CCc1ccc(-c2ccc(C34CC5CC(C3)CC(c3ccc(P(c6ccccc6)c6ccccc6)cc3)(C5)C4)cc2)cc1-c1cc(B(c2c(C)cc(C)cc2C)c2c(C)cc(C)cc2C)ccc1C. The Morgan fingerprint density at radius 1 is 0.449 bits per heavy atom. The Labute approximate surface area is 415 Å². The van der Waals surface area contributed by atoms with Gasteiger partial charge in [0.25, 0.3) is 0 Å². The van der Waals surface area contributed by atoms with Crippen LogP contribution in [0.5, 0.6) is 0 Å². The van der Waals surface area contributed by atoms with E-state index in [-0.39, 0.29) is 17.5 Å². The Kier molecular flexibility index (Phi) is 12.1. The van der Waals surface area contributed by atoms with E-state index < -0.39 is 7.92 Å². The van der Waals surface area contributed by atoms with Crippen LogP contribution in [-0.4, -0.2) is 6.71 Å². The molecule has 2 unspecified atom stereocenters. The van der Waals surface area contributed by atoms with Gasteiger partial charge in [-0.1, -0.05) is 220 Å². The van der Waals surface area contributed by atoms with Crippen LogP contribution in [-0.2, 0) is 17.3 Å². The minimum Gasteiger partial charge on any atom is -0.0680 e. The summed E-state index contributed by atoms with van der Waals surface area (Å²) in [7, 11) is -0.609. The molecule has 4 fully saturated rings. The van der Waals surface area contributed by atoms with Crippen molar-refractivity contribution in [1.29, 1.82) is 0 Å². The molecule has 2 atom stereocenters. The molecule has 8 aromatic carbocycles. The molecule has 0 nitrogen and oxygen atoms in total. The van der Waals surface area contributed by atoms with Crippen molar-refractivity contribution in [1.82, 2.24) is 0 Å². The van der Waals surface area contributed by atoms with Crippen LogP contribution in [0.25, 0.3) is 22.3 Å². The lowest BCUT2D eigenvalue weighted by Crippen LogP contribution is -2.56. The van der Waals surface area contributed by atoms with Gasteiger partial charge in [-0.15, -0.1) is 0 Å². The third-order valence-corrected chi connectivity index (χ3v) is 19.5. The third-order valence-electron chi connectivity index (χ3n) is 17.1. The monoisotopic (exact) mass is 915 g/mol. The van der Waals surface area contributed by atoms with Crippen LogP contribution in [0.1, 0.15) is 101 Å². The molecular weight excluding hydrogens is 847 g/mol. The molecule has 0 N–H and O–H groups in total. The molecule has 4 saturated carbocycles. The van der Waals surface area contributed by atoms with Gasteiger partial charge in [0.05, 0.1) is 0 Å². The van der Waals surface area contributed by atoms with Crippen molar-refractivity contribution < 1.29 is 0 Å². The van der Waals surface area contributed by atoms with Crippen molar-refractivity contribution in [2.75, 3.05) is 0 Å². The summed E-state index contributed by atoms with van der Waals surface area (Å²) >= 11 is 0. The van der Waals surface area contributed by atoms with Crippen LogP contribution in [0.2, 0.25) is 0 Å². The number of hydrogen-bond donors (Lipinski definition) is 0. The van der Waals surface area contributed by atoms with Crippen LogP contribution < -0.4 is 32.3 Å². The lowest BCUT2D eigenvalue weighted by atomic mass is 9.34. The second-order valence-corrected chi connectivity index (χ2v) is 24.2. The van der Waals surface area contributed by atoms with Crippen LogP contribution in [0.3, 0.4) is 0 Å². The van der Waals surface area contributed by atoms with E-state index in [2.05, 4.69) is 225 Å². The first kappa shape index (κ1) is 45.7. The van der Waals surface area contributed by atoms with E-state index >= 15 is 0 Å². The molecule has 0 aromatic heterocycles. The highest BCUT2D eigenvalue weighted by Crippen LogP contribution is 2.66. The maximum absolute atomic E-state index is 2.55. The fraction of sp³-hybridized carbons (Fsp3) is 0.284. The Balaban J connectivity index is 0.916. The van der Waals surface area contributed by atoms with Gasteiger partial charge in [0.2, 0.25) is 6.71 Å². The maximum Gasteiger partial charge on any atom is 0.242 e. The molecule has 0 spiro atoms. The molecule has 0 saturated heterocycles. The van der Waals surface area contributed by atoms with Gasteiger partial charge < -0.3 is 0 Å². The van der Waals surface area contributed by atoms with E-state index in [1.54, 1.807) is 11.1 Å². The summed E-state index contributed by atoms with van der Waals surface area (Å²) < 4.78 is 0. The molecule has 4 bridgehead atoms. The Hall–Kier alpha value is -5.75. The summed E-state index contributed by atoms with van der Waals surface area (Å²) in [5, 5.41) is 4.28. The molecule has 4 aliphatic rings. The molecule has 0 aliphatic heterocycles. The molecule has 344 valence electrons. The summed E-state index contributed by atoms with van der Waals surface area (Å²) in [6, 6.07) is 66.5. The Morgan fingerprint density at radius 2 is 0.913 bits per heavy atom. The summed E-state index contributed by atoms with van der Waals surface area (Å²) in [4.78, 5) is 0. The average molecular weight is 915 g/mol. The molecule has 69 heavy (non-hydrogen) atoms. The Bertz CT molecular complexity index is 3020. The van der Waals surface area contributed by atoms with Crippen molar-refractivity contribution in [3.63, 3.8) is 0 Å². The fourth-order valence-corrected chi connectivity index (χ4v) is 17.0. The van der Waals surface area contributed by atoms with Gasteiger partial charge in [0.15, 0.2) is 0 Å². The number of rotatable bonds is 11. The van der Waals surface area contributed by atoms with Gasteiger partial charge in [-0.25, -0.2) is 0 Å². The van der Waals surface area contributed by atoms with E-state index in [0.717, 1.165) is 18.3 Å². The van der Waals surface area contributed by atoms with E-state index in [1.807, 2.05) is 0 Å². The highest BCUT2D eigenvalue weighted by molar-refractivity contribution is 7.79. The zero-order valence-electron chi connectivity index (χ0n) is 42.3. The largest absolute Gasteiger partial charge is 0.242 e. The summed E-state index contributed by atoms with van der Waals surface area (Å²) in [5.41, 5.74) is 24.1. The normalized spacial score (nSPS) is 20.4. The lowest BCUT2D eigenvalue weighted by molar-refractivity contribution is -0.0281. The number of hydrogen-bond acceptors (Lipinski definition) is 0. The second-order valence-electron chi connectivity index (χ2n) is 22.0. The van der Waals surface area contributed by atoms with Crippen LogP contribution in [0.15, 0.2) is 170 Å². The van der Waals surface area contributed by atoms with Gasteiger partial charge in [0, 0.05) is 0 Å². The van der Waals surface area contributed by atoms with Crippen LogP contribution in [0, 0.1) is 60.3 Å². The van der Waals surface area contributed by atoms with Crippen LogP contribution >= 0.6 is 7.92 Å². The molecule has 2 heteroatoms. The van der Waals surface area contributed by atoms with Crippen molar-refractivity contribution in [3.8, 4) is 22.3 Å².